The van der Waals surface area contributed by atoms with Crippen LogP contribution in [-0.4, -0.2) is 70.3 Å². The zero-order chi connectivity index (χ0) is 28.5. The molecule has 1 aliphatic heterocycles. The van der Waals surface area contributed by atoms with Gasteiger partial charge in [-0.25, -0.2) is 23.9 Å². The quantitative estimate of drug-likeness (QED) is 0.360. The number of amides is 2. The molecule has 10 nitrogen and oxygen atoms in total. The summed E-state index contributed by atoms with van der Waals surface area (Å²) in [6, 6.07) is 5.67. The van der Waals surface area contributed by atoms with Crippen molar-refractivity contribution in [1.82, 2.24) is 19.8 Å². The molecule has 0 spiro atoms. The third-order valence-corrected chi connectivity index (χ3v) is 6.70. The van der Waals surface area contributed by atoms with Gasteiger partial charge in [-0.15, -0.1) is 0 Å². The molecule has 2 heterocycles. The topological polar surface area (TPSA) is 106 Å². The summed E-state index contributed by atoms with van der Waals surface area (Å²) in [6.45, 7) is 8.04. The average molecular weight is 580 g/mol. The molecule has 208 valence electrons. The molecule has 39 heavy (non-hydrogen) atoms. The molecule has 2 amide bonds. The second-order valence-corrected chi connectivity index (χ2v) is 10.7. The van der Waals surface area contributed by atoms with Crippen LogP contribution in [-0.2, 0) is 4.74 Å². The molecule has 1 N–H and O–H groups in total. The van der Waals surface area contributed by atoms with Gasteiger partial charge in [0.2, 0.25) is 0 Å². The van der Waals surface area contributed by atoms with Gasteiger partial charge >= 0.3 is 12.2 Å². The van der Waals surface area contributed by atoms with Gasteiger partial charge in [0.25, 0.3) is 0 Å². The van der Waals surface area contributed by atoms with Crippen LogP contribution in [0, 0.1) is 5.82 Å². The SMILES string of the molecule is COc1cc2ncnc(Nc3ccc(Cl)c(Cl)c3F)c2cc1OC(=O)N1CCN(C(=O)OC(C)(C)C)C[C@H]1C. The molecule has 1 atom stereocenters. The van der Waals surface area contributed by atoms with Crippen molar-refractivity contribution in [2.24, 2.45) is 0 Å². The van der Waals surface area contributed by atoms with Crippen LogP contribution in [0.3, 0.4) is 0 Å². The summed E-state index contributed by atoms with van der Waals surface area (Å²) in [5.74, 6) is -0.113. The highest BCUT2D eigenvalue weighted by molar-refractivity contribution is 6.42. The fraction of sp³-hybridized carbons (Fsp3) is 0.385. The number of carbonyl (C=O) groups excluding carboxylic acids is 2. The van der Waals surface area contributed by atoms with Crippen molar-refractivity contribution in [3.63, 3.8) is 0 Å². The van der Waals surface area contributed by atoms with E-state index in [9.17, 15) is 14.0 Å². The Hall–Kier alpha value is -3.57. The summed E-state index contributed by atoms with van der Waals surface area (Å²) in [5.41, 5.74) is -0.106. The summed E-state index contributed by atoms with van der Waals surface area (Å²) >= 11 is 11.8. The lowest BCUT2D eigenvalue weighted by molar-refractivity contribution is 0.00782. The molecule has 0 radical (unpaired) electrons. The largest absolute Gasteiger partial charge is 0.493 e. The van der Waals surface area contributed by atoms with Gasteiger partial charge < -0.3 is 29.3 Å². The number of halogens is 3. The van der Waals surface area contributed by atoms with Crippen LogP contribution in [0.15, 0.2) is 30.6 Å². The van der Waals surface area contributed by atoms with Crippen LogP contribution < -0.4 is 14.8 Å². The monoisotopic (exact) mass is 579 g/mol. The Bertz CT molecular complexity index is 1420. The summed E-state index contributed by atoms with van der Waals surface area (Å²) in [7, 11) is 1.44. The van der Waals surface area contributed by atoms with E-state index in [4.69, 9.17) is 37.4 Å². The van der Waals surface area contributed by atoms with Gasteiger partial charge in [0.05, 0.1) is 34.4 Å². The first kappa shape index (κ1) is 28.4. The average Bonchev–Trinajstić information content (AvgIpc) is 2.87. The molecule has 1 fully saturated rings. The fourth-order valence-electron chi connectivity index (χ4n) is 4.03. The molecule has 0 aliphatic carbocycles. The van der Waals surface area contributed by atoms with Gasteiger partial charge in [-0.05, 0) is 45.9 Å². The maximum Gasteiger partial charge on any atom is 0.415 e. The second kappa shape index (κ2) is 11.3. The van der Waals surface area contributed by atoms with Crippen LogP contribution in [0.5, 0.6) is 11.5 Å². The smallest absolute Gasteiger partial charge is 0.415 e. The number of piperazine rings is 1. The third-order valence-electron chi connectivity index (χ3n) is 5.92. The van der Waals surface area contributed by atoms with Crippen LogP contribution >= 0.6 is 23.2 Å². The molecular formula is C26H28Cl2FN5O5. The fourth-order valence-corrected chi connectivity index (χ4v) is 4.34. The van der Waals surface area contributed by atoms with Crippen molar-refractivity contribution in [3.05, 3.63) is 46.5 Å². The number of anilines is 2. The predicted octanol–water partition coefficient (Wildman–Crippen LogP) is 6.27. The van der Waals surface area contributed by atoms with E-state index in [1.807, 2.05) is 6.92 Å². The minimum absolute atomic E-state index is 0.0513. The zero-order valence-corrected chi connectivity index (χ0v) is 23.6. The maximum atomic E-state index is 14.7. The third kappa shape index (κ3) is 6.36. The summed E-state index contributed by atoms with van der Waals surface area (Å²) in [6.07, 6.45) is 0.250. The Balaban J connectivity index is 1.56. The summed E-state index contributed by atoms with van der Waals surface area (Å²) in [4.78, 5) is 37.2. The van der Waals surface area contributed by atoms with Crippen LogP contribution in [0.25, 0.3) is 10.9 Å². The van der Waals surface area contributed by atoms with E-state index in [0.29, 0.717) is 17.4 Å². The molecule has 1 aliphatic rings. The van der Waals surface area contributed by atoms with E-state index in [1.54, 1.807) is 31.7 Å². The number of benzene rings is 2. The van der Waals surface area contributed by atoms with Crippen molar-refractivity contribution in [2.45, 2.75) is 39.3 Å². The number of methoxy groups -OCH3 is 1. The van der Waals surface area contributed by atoms with Gasteiger partial charge in [0.15, 0.2) is 17.3 Å². The first-order valence-corrected chi connectivity index (χ1v) is 12.8. The van der Waals surface area contributed by atoms with Gasteiger partial charge in [0, 0.05) is 31.1 Å². The lowest BCUT2D eigenvalue weighted by atomic mass is 10.2. The Kier molecular flexibility index (Phi) is 8.22. The number of hydrogen-bond donors (Lipinski definition) is 1. The Labute approximate surface area is 234 Å². The van der Waals surface area contributed by atoms with Gasteiger partial charge in [-0.2, -0.15) is 0 Å². The lowest BCUT2D eigenvalue weighted by Gasteiger charge is -2.39. The standard InChI is InChI=1S/C26H28Cl2FN5O5/c1-14-12-33(24(35)39-26(2,3)4)8-9-34(14)25(36)38-20-10-15-18(11-19(20)37-5)30-13-31-23(15)32-17-7-6-16(27)21(28)22(17)29/h6-7,10-11,13-14H,8-9,12H2,1-5H3,(H,30,31,32)/t14-/m1/s1. The number of hydrogen-bond acceptors (Lipinski definition) is 8. The first-order valence-electron chi connectivity index (χ1n) is 12.1. The van der Waals surface area contributed by atoms with E-state index >= 15 is 0 Å². The van der Waals surface area contributed by atoms with E-state index in [1.165, 1.54) is 36.5 Å². The van der Waals surface area contributed by atoms with Crippen molar-refractivity contribution in [2.75, 3.05) is 32.1 Å². The maximum absolute atomic E-state index is 14.7. The highest BCUT2D eigenvalue weighted by Crippen LogP contribution is 2.37. The molecule has 0 saturated carbocycles. The second-order valence-electron chi connectivity index (χ2n) is 9.93. The zero-order valence-electron chi connectivity index (χ0n) is 22.0. The van der Waals surface area contributed by atoms with Crippen LogP contribution in [0.4, 0.5) is 25.5 Å². The summed E-state index contributed by atoms with van der Waals surface area (Å²) < 4.78 is 31.3. The minimum Gasteiger partial charge on any atom is -0.493 e. The van der Waals surface area contributed by atoms with Crippen molar-refractivity contribution in [3.8, 4) is 11.5 Å². The Morgan fingerprint density at radius 1 is 1.10 bits per heavy atom. The van der Waals surface area contributed by atoms with Gasteiger partial charge in [-0.1, -0.05) is 23.2 Å². The number of aromatic nitrogens is 2. The first-order chi connectivity index (χ1) is 18.4. The lowest BCUT2D eigenvalue weighted by Crippen LogP contribution is -2.56. The molecule has 0 unspecified atom stereocenters. The van der Waals surface area contributed by atoms with Crippen molar-refractivity contribution < 1.29 is 28.2 Å². The molecule has 1 aromatic heterocycles. The highest BCUT2D eigenvalue weighted by Gasteiger charge is 2.33. The normalized spacial score (nSPS) is 15.7. The summed E-state index contributed by atoms with van der Waals surface area (Å²) in [5, 5.41) is 3.18. The van der Waals surface area contributed by atoms with Crippen molar-refractivity contribution >= 4 is 57.8 Å². The number of rotatable bonds is 4. The molecule has 1 saturated heterocycles. The number of carbonyl (C=O) groups is 2. The van der Waals surface area contributed by atoms with E-state index in [2.05, 4.69) is 15.3 Å². The number of nitrogens with one attached hydrogen (secondary N) is 1. The molecular weight excluding hydrogens is 552 g/mol. The molecule has 3 aromatic rings. The number of fused-ring (bicyclic) bond motifs is 1. The highest BCUT2D eigenvalue weighted by atomic mass is 35.5. The number of nitrogens with zero attached hydrogens (tertiary/aromatic N) is 4. The Morgan fingerprint density at radius 3 is 2.51 bits per heavy atom. The van der Waals surface area contributed by atoms with E-state index < -0.39 is 23.6 Å². The van der Waals surface area contributed by atoms with Crippen LogP contribution in [0.2, 0.25) is 10.0 Å². The number of ether oxygens (including phenoxy) is 3. The van der Waals surface area contributed by atoms with E-state index in [0.717, 1.165) is 0 Å². The van der Waals surface area contributed by atoms with Gasteiger partial charge in [0.1, 0.15) is 17.7 Å². The predicted molar refractivity (Wildman–Crippen MR) is 146 cm³/mol. The molecule has 4 rings (SSSR count). The molecule has 13 heteroatoms. The van der Waals surface area contributed by atoms with Crippen molar-refractivity contribution in [1.29, 1.82) is 0 Å². The molecule has 2 aromatic carbocycles. The van der Waals surface area contributed by atoms with Gasteiger partial charge in [-0.3, -0.25) is 0 Å². The van der Waals surface area contributed by atoms with Crippen LogP contribution in [0.1, 0.15) is 27.7 Å². The van der Waals surface area contributed by atoms with E-state index in [-0.39, 0.29) is 52.2 Å². The Morgan fingerprint density at radius 2 is 1.85 bits per heavy atom. The minimum atomic E-state index is -0.740. The molecule has 0 bridgehead atoms.